The number of likely N-dealkylation sites (N-methyl/N-ethyl adjacent to an activating group) is 1. The van der Waals surface area contributed by atoms with Crippen LogP contribution < -0.4 is 5.32 Å². The number of hydrogen-bond donors (Lipinski definition) is 1. The molecular formula is C14H22ClN3O2S. The van der Waals surface area contributed by atoms with Gasteiger partial charge in [-0.3, -0.25) is 0 Å². The van der Waals surface area contributed by atoms with Crippen LogP contribution in [-0.4, -0.2) is 57.9 Å². The number of sulfonamides is 1. The topological polar surface area (TPSA) is 52.7 Å². The lowest BCUT2D eigenvalue weighted by Crippen LogP contribution is -2.34. The molecule has 118 valence electrons. The van der Waals surface area contributed by atoms with Crippen molar-refractivity contribution in [3.8, 4) is 0 Å². The Morgan fingerprint density at radius 1 is 1.43 bits per heavy atom. The Labute approximate surface area is 131 Å². The first-order chi connectivity index (χ1) is 9.86. The zero-order valence-corrected chi connectivity index (χ0v) is 14.2. The molecule has 0 bridgehead atoms. The van der Waals surface area contributed by atoms with Gasteiger partial charge in [-0.2, -0.15) is 4.31 Å². The van der Waals surface area contributed by atoms with Crippen molar-refractivity contribution in [2.45, 2.75) is 23.9 Å². The maximum absolute atomic E-state index is 12.7. The van der Waals surface area contributed by atoms with Crippen molar-refractivity contribution < 1.29 is 8.42 Å². The Kier molecular flexibility index (Phi) is 5.27. The minimum Gasteiger partial charge on any atom is -0.316 e. The van der Waals surface area contributed by atoms with E-state index in [1.165, 1.54) is 0 Å². The van der Waals surface area contributed by atoms with Crippen molar-refractivity contribution in [2.75, 3.05) is 34.2 Å². The van der Waals surface area contributed by atoms with Gasteiger partial charge < -0.3 is 10.2 Å². The van der Waals surface area contributed by atoms with E-state index in [-0.39, 0.29) is 6.04 Å². The monoisotopic (exact) mass is 331 g/mol. The largest absolute Gasteiger partial charge is 0.316 e. The lowest BCUT2D eigenvalue weighted by Gasteiger charge is -2.20. The molecule has 0 amide bonds. The lowest BCUT2D eigenvalue weighted by molar-refractivity contribution is 0.302. The van der Waals surface area contributed by atoms with Crippen LogP contribution >= 0.6 is 11.6 Å². The molecule has 1 unspecified atom stereocenters. The Balaban J connectivity index is 2.26. The van der Waals surface area contributed by atoms with Gasteiger partial charge in [0, 0.05) is 30.7 Å². The van der Waals surface area contributed by atoms with Crippen molar-refractivity contribution >= 4 is 21.6 Å². The highest BCUT2D eigenvalue weighted by Crippen LogP contribution is 2.26. The number of rotatable bonds is 5. The van der Waals surface area contributed by atoms with Gasteiger partial charge in [-0.05, 0) is 51.3 Å². The van der Waals surface area contributed by atoms with E-state index in [2.05, 4.69) is 10.2 Å². The van der Waals surface area contributed by atoms with Gasteiger partial charge in [0.2, 0.25) is 10.0 Å². The first-order valence-electron chi connectivity index (χ1n) is 6.96. The van der Waals surface area contributed by atoms with Crippen LogP contribution in [0, 0.1) is 0 Å². The average molecular weight is 332 g/mol. The molecule has 1 heterocycles. The fourth-order valence-electron chi connectivity index (χ4n) is 2.54. The van der Waals surface area contributed by atoms with Crippen molar-refractivity contribution in [1.29, 1.82) is 0 Å². The molecule has 1 aromatic rings. The van der Waals surface area contributed by atoms with Crippen LogP contribution in [0.25, 0.3) is 0 Å². The second kappa shape index (κ2) is 6.62. The van der Waals surface area contributed by atoms with Crippen molar-refractivity contribution in [2.24, 2.45) is 0 Å². The summed E-state index contributed by atoms with van der Waals surface area (Å²) in [6.45, 7) is 1.65. The second-order valence-corrected chi connectivity index (χ2v) is 7.90. The Bertz CT molecular complexity index is 604. The molecule has 0 saturated carbocycles. The van der Waals surface area contributed by atoms with Crippen LogP contribution in [0.5, 0.6) is 0 Å². The Morgan fingerprint density at radius 2 is 2.14 bits per heavy atom. The van der Waals surface area contributed by atoms with Crippen LogP contribution in [0.15, 0.2) is 23.1 Å². The first kappa shape index (κ1) is 16.7. The summed E-state index contributed by atoms with van der Waals surface area (Å²) in [5, 5.41) is 3.58. The van der Waals surface area contributed by atoms with Gasteiger partial charge in [-0.25, -0.2) is 8.42 Å². The summed E-state index contributed by atoms with van der Waals surface area (Å²) in [6, 6.07) is 5.18. The van der Waals surface area contributed by atoms with Crippen LogP contribution in [0.3, 0.4) is 0 Å². The van der Waals surface area contributed by atoms with E-state index < -0.39 is 10.0 Å². The van der Waals surface area contributed by atoms with Crippen molar-refractivity contribution in [3.05, 3.63) is 28.8 Å². The molecular weight excluding hydrogens is 310 g/mol. The van der Waals surface area contributed by atoms with Crippen LogP contribution in [0.4, 0.5) is 0 Å². The maximum atomic E-state index is 12.7. The quantitative estimate of drug-likeness (QED) is 0.885. The minimum absolute atomic E-state index is 0.281. The molecule has 2 rings (SSSR count). The SMILES string of the molecule is CNCc1cc(S(=O)(=O)N2CCC(N(C)C)C2)ccc1Cl. The molecule has 1 aliphatic rings. The highest BCUT2D eigenvalue weighted by atomic mass is 35.5. The number of benzene rings is 1. The lowest BCUT2D eigenvalue weighted by atomic mass is 10.2. The van der Waals surface area contributed by atoms with E-state index in [4.69, 9.17) is 11.6 Å². The molecule has 1 aromatic carbocycles. The molecule has 1 saturated heterocycles. The summed E-state index contributed by atoms with van der Waals surface area (Å²) >= 11 is 6.09. The minimum atomic E-state index is -3.44. The van der Waals surface area contributed by atoms with Gasteiger partial charge in [-0.15, -0.1) is 0 Å². The normalized spacial score (nSPS) is 20.3. The smallest absolute Gasteiger partial charge is 0.243 e. The van der Waals surface area contributed by atoms with E-state index in [0.29, 0.717) is 29.6 Å². The number of hydrogen-bond acceptors (Lipinski definition) is 4. The van der Waals surface area contributed by atoms with Gasteiger partial charge >= 0.3 is 0 Å². The third-order valence-corrected chi connectivity index (χ3v) is 6.11. The van der Waals surface area contributed by atoms with E-state index in [1.54, 1.807) is 29.6 Å². The first-order valence-corrected chi connectivity index (χ1v) is 8.77. The van der Waals surface area contributed by atoms with Crippen LogP contribution in [-0.2, 0) is 16.6 Å². The molecule has 21 heavy (non-hydrogen) atoms. The zero-order valence-electron chi connectivity index (χ0n) is 12.6. The van der Waals surface area contributed by atoms with E-state index >= 15 is 0 Å². The van der Waals surface area contributed by atoms with Gasteiger partial charge in [0.05, 0.1) is 4.90 Å². The fraction of sp³-hybridized carbons (Fsp3) is 0.571. The van der Waals surface area contributed by atoms with Crippen LogP contribution in [0.2, 0.25) is 5.02 Å². The van der Waals surface area contributed by atoms with Gasteiger partial charge in [-0.1, -0.05) is 11.6 Å². The van der Waals surface area contributed by atoms with E-state index in [0.717, 1.165) is 12.0 Å². The summed E-state index contributed by atoms with van der Waals surface area (Å²) in [5.41, 5.74) is 0.795. The molecule has 1 atom stereocenters. The third-order valence-electron chi connectivity index (χ3n) is 3.88. The summed E-state index contributed by atoms with van der Waals surface area (Å²) in [5.74, 6) is 0. The predicted octanol–water partition coefficient (Wildman–Crippen LogP) is 1.38. The molecule has 1 aliphatic heterocycles. The molecule has 0 aliphatic carbocycles. The molecule has 1 N–H and O–H groups in total. The van der Waals surface area contributed by atoms with Crippen molar-refractivity contribution in [3.63, 3.8) is 0 Å². The maximum Gasteiger partial charge on any atom is 0.243 e. The molecule has 0 radical (unpaired) electrons. The average Bonchev–Trinajstić information content (AvgIpc) is 2.92. The summed E-state index contributed by atoms with van der Waals surface area (Å²) in [4.78, 5) is 2.39. The predicted molar refractivity (Wildman–Crippen MR) is 85.1 cm³/mol. The highest BCUT2D eigenvalue weighted by Gasteiger charge is 2.33. The van der Waals surface area contributed by atoms with E-state index in [9.17, 15) is 8.42 Å². The Morgan fingerprint density at radius 3 is 2.71 bits per heavy atom. The molecule has 0 spiro atoms. The second-order valence-electron chi connectivity index (χ2n) is 5.55. The van der Waals surface area contributed by atoms with Crippen LogP contribution in [0.1, 0.15) is 12.0 Å². The number of nitrogens with zero attached hydrogens (tertiary/aromatic N) is 2. The standard InChI is InChI=1S/C14H22ClN3O2S/c1-16-9-11-8-13(4-5-14(11)15)21(19,20)18-7-6-12(10-18)17(2)3/h4-5,8,12,16H,6-7,9-10H2,1-3H3. The summed E-state index contributed by atoms with van der Waals surface area (Å²) in [6.07, 6.45) is 0.864. The van der Waals surface area contributed by atoms with Crippen molar-refractivity contribution in [1.82, 2.24) is 14.5 Å². The molecule has 0 aromatic heterocycles. The van der Waals surface area contributed by atoms with Gasteiger partial charge in [0.25, 0.3) is 0 Å². The molecule has 5 nitrogen and oxygen atoms in total. The highest BCUT2D eigenvalue weighted by molar-refractivity contribution is 7.89. The number of nitrogens with one attached hydrogen (secondary N) is 1. The number of halogens is 1. The fourth-order valence-corrected chi connectivity index (χ4v) is 4.26. The van der Waals surface area contributed by atoms with Gasteiger partial charge in [0.15, 0.2) is 0 Å². The third kappa shape index (κ3) is 3.57. The Hall–Kier alpha value is -0.660. The van der Waals surface area contributed by atoms with E-state index in [1.807, 2.05) is 14.1 Å². The molecule has 1 fully saturated rings. The summed E-state index contributed by atoms with van der Waals surface area (Å²) in [7, 11) is 2.32. The summed E-state index contributed by atoms with van der Waals surface area (Å²) < 4.78 is 27.0. The van der Waals surface area contributed by atoms with Gasteiger partial charge in [0.1, 0.15) is 0 Å². The zero-order chi connectivity index (χ0) is 15.6. The molecule has 7 heteroatoms.